The van der Waals surface area contributed by atoms with Crippen molar-refractivity contribution in [3.8, 4) is 11.3 Å². The van der Waals surface area contributed by atoms with Crippen molar-refractivity contribution >= 4 is 11.8 Å². The summed E-state index contributed by atoms with van der Waals surface area (Å²) in [7, 11) is 0. The average molecular weight is 396 g/mol. The molecule has 0 radical (unpaired) electrons. The summed E-state index contributed by atoms with van der Waals surface area (Å²) in [6, 6.07) is 11.9. The topological polar surface area (TPSA) is 75.4 Å². The number of nitrogens with zero attached hydrogens (tertiary/aromatic N) is 2. The van der Waals surface area contributed by atoms with Crippen molar-refractivity contribution in [3.05, 3.63) is 42.2 Å². The molecular weight excluding hydrogens is 366 g/mol. The molecule has 29 heavy (non-hydrogen) atoms. The zero-order valence-electron chi connectivity index (χ0n) is 17.0. The van der Waals surface area contributed by atoms with Gasteiger partial charge < -0.3 is 14.7 Å². The Morgan fingerprint density at radius 3 is 2.66 bits per heavy atom. The first-order valence-corrected chi connectivity index (χ1v) is 10.7. The van der Waals surface area contributed by atoms with Crippen LogP contribution in [0, 0.1) is 0 Å². The molecule has 2 aliphatic rings. The number of aromatic nitrogens is 1. The lowest BCUT2D eigenvalue weighted by atomic mass is 9.87. The van der Waals surface area contributed by atoms with Crippen molar-refractivity contribution in [1.82, 2.24) is 15.4 Å². The Labute approximate surface area is 171 Å². The molecule has 0 unspecified atom stereocenters. The van der Waals surface area contributed by atoms with Crippen molar-refractivity contribution in [2.75, 3.05) is 6.54 Å². The Hall–Kier alpha value is -2.63. The van der Waals surface area contributed by atoms with Crippen LogP contribution >= 0.6 is 0 Å². The van der Waals surface area contributed by atoms with E-state index in [1.165, 1.54) is 6.42 Å². The third kappa shape index (κ3) is 4.07. The zero-order chi connectivity index (χ0) is 20.3. The normalized spacial score (nSPS) is 22.6. The summed E-state index contributed by atoms with van der Waals surface area (Å²) >= 11 is 0. The minimum Gasteiger partial charge on any atom is -0.361 e. The van der Waals surface area contributed by atoms with Gasteiger partial charge >= 0.3 is 0 Å². The molecule has 6 nitrogen and oxygen atoms in total. The van der Waals surface area contributed by atoms with Gasteiger partial charge in [-0.15, -0.1) is 0 Å². The smallest absolute Gasteiger partial charge is 0.246 e. The maximum Gasteiger partial charge on any atom is 0.246 e. The lowest BCUT2D eigenvalue weighted by Crippen LogP contribution is -2.60. The van der Waals surface area contributed by atoms with E-state index < -0.39 is 5.54 Å². The summed E-state index contributed by atoms with van der Waals surface area (Å²) < 4.78 is 5.61. The van der Waals surface area contributed by atoms with Gasteiger partial charge in [-0.3, -0.25) is 9.59 Å². The summed E-state index contributed by atoms with van der Waals surface area (Å²) in [4.78, 5) is 27.6. The molecule has 1 saturated heterocycles. The molecular formula is C23H29N3O3. The molecule has 2 aromatic rings. The molecule has 1 aliphatic carbocycles. The second kappa shape index (κ2) is 8.39. The van der Waals surface area contributed by atoms with Gasteiger partial charge in [0.05, 0.1) is 0 Å². The lowest BCUT2D eigenvalue weighted by Gasteiger charge is -2.37. The summed E-state index contributed by atoms with van der Waals surface area (Å²) in [5.74, 6) is 0.523. The van der Waals surface area contributed by atoms with Crippen LogP contribution in [0.25, 0.3) is 11.3 Å². The molecule has 2 amide bonds. The van der Waals surface area contributed by atoms with Gasteiger partial charge in [-0.05, 0) is 25.7 Å². The SMILES string of the molecule is CC(=O)N1CCC[C@@]1(Cc1cc(-c2ccccc2)no1)C(=O)NC1CCCCC1. The molecule has 1 aliphatic heterocycles. The van der Waals surface area contributed by atoms with Crippen molar-refractivity contribution in [3.63, 3.8) is 0 Å². The van der Waals surface area contributed by atoms with Crippen LogP contribution in [-0.2, 0) is 16.0 Å². The second-order valence-electron chi connectivity index (χ2n) is 8.34. The van der Waals surface area contributed by atoms with Crippen molar-refractivity contribution in [1.29, 1.82) is 0 Å². The van der Waals surface area contributed by atoms with Gasteiger partial charge in [0.2, 0.25) is 11.8 Å². The van der Waals surface area contributed by atoms with E-state index in [4.69, 9.17) is 4.52 Å². The van der Waals surface area contributed by atoms with Crippen LogP contribution in [0.1, 0.15) is 57.6 Å². The Morgan fingerprint density at radius 1 is 1.17 bits per heavy atom. The molecule has 1 atom stereocenters. The number of rotatable bonds is 5. The van der Waals surface area contributed by atoms with Crippen molar-refractivity contribution in [2.24, 2.45) is 0 Å². The fourth-order valence-electron chi connectivity index (χ4n) is 4.83. The van der Waals surface area contributed by atoms with E-state index in [0.29, 0.717) is 25.1 Å². The number of hydrogen-bond donors (Lipinski definition) is 1. The number of amides is 2. The largest absolute Gasteiger partial charge is 0.361 e. The Balaban J connectivity index is 1.58. The van der Waals surface area contributed by atoms with Gasteiger partial charge in [-0.25, -0.2) is 0 Å². The summed E-state index contributed by atoms with van der Waals surface area (Å²) in [5, 5.41) is 7.44. The Bertz CT molecular complexity index is 857. The number of carbonyl (C=O) groups excluding carboxylic acids is 2. The highest BCUT2D eigenvalue weighted by Crippen LogP contribution is 2.35. The number of benzene rings is 1. The van der Waals surface area contributed by atoms with E-state index in [2.05, 4.69) is 10.5 Å². The summed E-state index contributed by atoms with van der Waals surface area (Å²) in [5.41, 5.74) is 0.824. The first-order chi connectivity index (χ1) is 14.1. The van der Waals surface area contributed by atoms with E-state index in [-0.39, 0.29) is 17.9 Å². The maximum absolute atomic E-state index is 13.5. The van der Waals surface area contributed by atoms with Crippen LogP contribution in [0.15, 0.2) is 40.9 Å². The molecule has 6 heteroatoms. The predicted molar refractivity (Wildman–Crippen MR) is 110 cm³/mol. The first kappa shape index (κ1) is 19.7. The number of hydrogen-bond acceptors (Lipinski definition) is 4. The van der Waals surface area contributed by atoms with Crippen LogP contribution in [0.2, 0.25) is 0 Å². The average Bonchev–Trinajstić information content (AvgIpc) is 3.38. The van der Waals surface area contributed by atoms with Crippen molar-refractivity contribution in [2.45, 2.75) is 69.9 Å². The lowest BCUT2D eigenvalue weighted by molar-refractivity contribution is -0.144. The van der Waals surface area contributed by atoms with Crippen molar-refractivity contribution < 1.29 is 14.1 Å². The number of nitrogens with one attached hydrogen (secondary N) is 1. The second-order valence-corrected chi connectivity index (χ2v) is 8.34. The highest BCUT2D eigenvalue weighted by molar-refractivity contribution is 5.92. The molecule has 1 aromatic heterocycles. The summed E-state index contributed by atoms with van der Waals surface area (Å²) in [6.45, 7) is 2.15. The summed E-state index contributed by atoms with van der Waals surface area (Å²) in [6.07, 6.45) is 7.38. The third-order valence-corrected chi connectivity index (χ3v) is 6.33. The van der Waals surface area contributed by atoms with Gasteiger partial charge in [0.1, 0.15) is 17.0 Å². The Kier molecular flexibility index (Phi) is 5.69. The van der Waals surface area contributed by atoms with Gasteiger partial charge in [0, 0.05) is 37.6 Å². The van der Waals surface area contributed by atoms with Gasteiger partial charge in [0.25, 0.3) is 0 Å². The predicted octanol–water partition coefficient (Wildman–Crippen LogP) is 3.71. The monoisotopic (exact) mass is 395 g/mol. The van der Waals surface area contributed by atoms with Crippen LogP contribution in [0.5, 0.6) is 0 Å². The standard InChI is InChI=1S/C23H29N3O3/c1-17(27)26-14-8-13-23(26,22(28)24-19-11-6-3-7-12-19)16-20-15-21(25-29-20)18-9-4-2-5-10-18/h2,4-5,9-10,15,19H,3,6-8,11-14,16H2,1H3,(H,24,28)/t23-/m1/s1. The van der Waals surface area contributed by atoms with Crippen LogP contribution in [-0.4, -0.2) is 40.0 Å². The molecule has 4 rings (SSSR count). The molecule has 1 aromatic carbocycles. The first-order valence-electron chi connectivity index (χ1n) is 10.7. The minimum atomic E-state index is -0.892. The fraction of sp³-hybridized carbons (Fsp3) is 0.522. The molecule has 0 spiro atoms. The fourth-order valence-corrected chi connectivity index (χ4v) is 4.83. The molecule has 1 saturated carbocycles. The highest BCUT2D eigenvalue weighted by Gasteiger charge is 2.50. The van der Waals surface area contributed by atoms with Gasteiger partial charge in [-0.1, -0.05) is 54.8 Å². The van der Waals surface area contributed by atoms with Crippen LogP contribution < -0.4 is 5.32 Å². The zero-order valence-corrected chi connectivity index (χ0v) is 17.0. The maximum atomic E-state index is 13.5. The van der Waals surface area contributed by atoms with Gasteiger partial charge in [0.15, 0.2) is 0 Å². The quantitative estimate of drug-likeness (QED) is 0.837. The van der Waals surface area contributed by atoms with Crippen LogP contribution in [0.3, 0.4) is 0 Å². The molecule has 2 heterocycles. The van der Waals surface area contributed by atoms with E-state index in [1.54, 1.807) is 11.8 Å². The number of carbonyl (C=O) groups is 2. The van der Waals surface area contributed by atoms with E-state index in [1.807, 2.05) is 36.4 Å². The highest BCUT2D eigenvalue weighted by atomic mass is 16.5. The third-order valence-electron chi connectivity index (χ3n) is 6.33. The molecule has 154 valence electrons. The number of likely N-dealkylation sites (tertiary alicyclic amines) is 1. The van der Waals surface area contributed by atoms with Crippen LogP contribution in [0.4, 0.5) is 0 Å². The Morgan fingerprint density at radius 2 is 1.93 bits per heavy atom. The minimum absolute atomic E-state index is 0.0465. The molecule has 2 fully saturated rings. The molecule has 1 N–H and O–H groups in total. The van der Waals surface area contributed by atoms with E-state index >= 15 is 0 Å². The van der Waals surface area contributed by atoms with E-state index in [9.17, 15) is 9.59 Å². The van der Waals surface area contributed by atoms with E-state index in [0.717, 1.165) is 43.4 Å². The molecule has 0 bridgehead atoms. The van der Waals surface area contributed by atoms with Gasteiger partial charge in [-0.2, -0.15) is 0 Å².